The van der Waals surface area contributed by atoms with Crippen molar-refractivity contribution < 1.29 is 9.59 Å². The van der Waals surface area contributed by atoms with Crippen LogP contribution in [0.4, 0.5) is 0 Å². The van der Waals surface area contributed by atoms with Gasteiger partial charge in [0, 0.05) is 23.9 Å². The third-order valence-corrected chi connectivity index (χ3v) is 6.34. The van der Waals surface area contributed by atoms with Gasteiger partial charge in [-0.3, -0.25) is 9.59 Å². The van der Waals surface area contributed by atoms with Gasteiger partial charge in [-0.25, -0.2) is 4.98 Å². The number of hydrogen-bond donors (Lipinski definition) is 1. The minimum atomic E-state index is -0.193. The number of carbonyl (C=O) groups excluding carboxylic acids is 2. The largest absolute Gasteiger partial charge is 0.351 e. The van der Waals surface area contributed by atoms with Gasteiger partial charge in [0.2, 0.25) is 11.8 Å². The monoisotopic (exact) mass is 349 g/mol. The van der Waals surface area contributed by atoms with Gasteiger partial charge < -0.3 is 10.2 Å². The minimum Gasteiger partial charge on any atom is -0.351 e. The van der Waals surface area contributed by atoms with E-state index in [2.05, 4.69) is 17.2 Å². The van der Waals surface area contributed by atoms with Crippen molar-refractivity contribution in [1.82, 2.24) is 15.2 Å². The maximum Gasteiger partial charge on any atom is 0.225 e. The number of aromatic nitrogens is 1. The molecule has 0 unspecified atom stereocenters. The van der Waals surface area contributed by atoms with Gasteiger partial charge in [-0.1, -0.05) is 19.8 Å². The average Bonchev–Trinajstić information content (AvgIpc) is 3.26. The van der Waals surface area contributed by atoms with Crippen LogP contribution in [0, 0.1) is 12.8 Å². The van der Waals surface area contributed by atoms with Crippen molar-refractivity contribution in [2.24, 2.45) is 5.92 Å². The first-order chi connectivity index (χ1) is 11.6. The lowest BCUT2D eigenvalue weighted by molar-refractivity contribution is -0.130. The van der Waals surface area contributed by atoms with E-state index in [-0.39, 0.29) is 17.7 Å². The predicted octanol–water partition coefficient (Wildman–Crippen LogP) is 2.81. The van der Waals surface area contributed by atoms with Gasteiger partial charge in [0.05, 0.1) is 23.2 Å². The van der Waals surface area contributed by atoms with E-state index in [1.165, 1.54) is 12.8 Å². The zero-order valence-electron chi connectivity index (χ0n) is 14.6. The normalized spacial score (nSPS) is 21.7. The van der Waals surface area contributed by atoms with Gasteiger partial charge in [0.1, 0.15) is 0 Å². The van der Waals surface area contributed by atoms with Crippen LogP contribution < -0.4 is 5.32 Å². The summed E-state index contributed by atoms with van der Waals surface area (Å²) in [4.78, 5) is 32.3. The van der Waals surface area contributed by atoms with Gasteiger partial charge >= 0.3 is 0 Å². The number of thiazole rings is 1. The number of amides is 2. The first kappa shape index (κ1) is 17.4. The van der Waals surface area contributed by atoms with Crippen molar-refractivity contribution in [3.63, 3.8) is 0 Å². The van der Waals surface area contributed by atoms with E-state index in [1.54, 1.807) is 11.3 Å². The van der Waals surface area contributed by atoms with Gasteiger partial charge in [0.25, 0.3) is 0 Å². The highest BCUT2D eigenvalue weighted by atomic mass is 32.1. The fraction of sp³-hybridized carbons (Fsp3) is 0.722. The van der Waals surface area contributed by atoms with Crippen LogP contribution in [-0.2, 0) is 22.6 Å². The molecule has 1 aliphatic carbocycles. The molecule has 132 valence electrons. The minimum absolute atomic E-state index is 0.00804. The van der Waals surface area contributed by atoms with Crippen LogP contribution in [0.1, 0.15) is 61.0 Å². The van der Waals surface area contributed by atoms with E-state index in [1.807, 2.05) is 11.8 Å². The smallest absolute Gasteiger partial charge is 0.225 e. The Kier molecular flexibility index (Phi) is 5.54. The van der Waals surface area contributed by atoms with Crippen LogP contribution in [0.3, 0.4) is 0 Å². The SMILES string of the molecule is CCCc1nc(C)c(CNC(=O)[C@@H]2CC(=O)N(C3CCCC3)C2)s1. The Labute approximate surface area is 147 Å². The molecule has 1 saturated carbocycles. The molecule has 1 aromatic heterocycles. The van der Waals surface area contributed by atoms with Crippen molar-refractivity contribution in [2.75, 3.05) is 6.54 Å². The van der Waals surface area contributed by atoms with Crippen molar-refractivity contribution >= 4 is 23.2 Å². The molecule has 1 aromatic rings. The molecule has 0 spiro atoms. The maximum absolute atomic E-state index is 12.5. The van der Waals surface area contributed by atoms with Crippen molar-refractivity contribution in [3.05, 3.63) is 15.6 Å². The lowest BCUT2D eigenvalue weighted by Crippen LogP contribution is -2.36. The first-order valence-corrected chi connectivity index (χ1v) is 9.92. The summed E-state index contributed by atoms with van der Waals surface area (Å²) in [5.74, 6) is -0.0311. The van der Waals surface area contributed by atoms with Crippen LogP contribution in [0.2, 0.25) is 0 Å². The number of nitrogens with one attached hydrogen (secondary N) is 1. The Morgan fingerprint density at radius 2 is 2.12 bits per heavy atom. The van der Waals surface area contributed by atoms with E-state index in [4.69, 9.17) is 0 Å². The van der Waals surface area contributed by atoms with E-state index >= 15 is 0 Å². The lowest BCUT2D eigenvalue weighted by atomic mass is 10.1. The van der Waals surface area contributed by atoms with E-state index in [0.717, 1.165) is 41.3 Å². The van der Waals surface area contributed by atoms with Crippen LogP contribution in [0.5, 0.6) is 0 Å². The molecule has 1 aliphatic heterocycles. The molecule has 24 heavy (non-hydrogen) atoms. The van der Waals surface area contributed by atoms with Crippen molar-refractivity contribution in [2.45, 2.75) is 71.4 Å². The zero-order valence-corrected chi connectivity index (χ0v) is 15.5. The summed E-state index contributed by atoms with van der Waals surface area (Å²) < 4.78 is 0. The first-order valence-electron chi connectivity index (χ1n) is 9.10. The van der Waals surface area contributed by atoms with Gasteiger partial charge in [-0.05, 0) is 32.6 Å². The third kappa shape index (κ3) is 3.79. The molecule has 5 nitrogen and oxygen atoms in total. The van der Waals surface area contributed by atoms with Crippen molar-refractivity contribution in [3.8, 4) is 0 Å². The lowest BCUT2D eigenvalue weighted by Gasteiger charge is -2.23. The summed E-state index contributed by atoms with van der Waals surface area (Å²) in [5.41, 5.74) is 1.01. The van der Waals surface area contributed by atoms with Gasteiger partial charge in [-0.15, -0.1) is 11.3 Å². The molecule has 1 N–H and O–H groups in total. The second-order valence-electron chi connectivity index (χ2n) is 6.97. The second kappa shape index (κ2) is 7.64. The zero-order chi connectivity index (χ0) is 17.1. The molecule has 3 rings (SSSR count). The van der Waals surface area contributed by atoms with Crippen molar-refractivity contribution in [1.29, 1.82) is 0 Å². The standard InChI is InChI=1S/C18H27N3O2S/c1-3-6-16-20-12(2)15(24-16)10-19-18(23)13-9-17(22)21(11-13)14-7-4-5-8-14/h13-14H,3-11H2,1-2H3,(H,19,23)/t13-/m1/s1. The molecule has 1 saturated heterocycles. The molecular weight excluding hydrogens is 322 g/mol. The number of carbonyl (C=O) groups is 2. The van der Waals surface area contributed by atoms with Crippen LogP contribution in [0.25, 0.3) is 0 Å². The topological polar surface area (TPSA) is 62.3 Å². The molecule has 0 aromatic carbocycles. The number of rotatable bonds is 6. The fourth-order valence-electron chi connectivity index (χ4n) is 3.76. The molecule has 1 atom stereocenters. The molecule has 6 heteroatoms. The third-order valence-electron chi connectivity index (χ3n) is 5.12. The van der Waals surface area contributed by atoms with E-state index < -0.39 is 0 Å². The van der Waals surface area contributed by atoms with Crippen LogP contribution in [-0.4, -0.2) is 34.3 Å². The predicted molar refractivity (Wildman–Crippen MR) is 94.8 cm³/mol. The Bertz CT molecular complexity index is 607. The highest BCUT2D eigenvalue weighted by Gasteiger charge is 2.38. The Morgan fingerprint density at radius 3 is 2.83 bits per heavy atom. The second-order valence-corrected chi connectivity index (χ2v) is 8.14. The van der Waals surface area contributed by atoms with Crippen LogP contribution in [0.15, 0.2) is 0 Å². The summed E-state index contributed by atoms with van der Waals surface area (Å²) in [6, 6.07) is 0.371. The Morgan fingerprint density at radius 1 is 1.38 bits per heavy atom. The molecular formula is C18H27N3O2S. The Hall–Kier alpha value is -1.43. The highest BCUT2D eigenvalue weighted by molar-refractivity contribution is 7.11. The average molecular weight is 350 g/mol. The summed E-state index contributed by atoms with van der Waals surface area (Å²) in [6.07, 6.45) is 7.05. The quantitative estimate of drug-likeness (QED) is 0.859. The Balaban J connectivity index is 1.53. The molecule has 0 radical (unpaired) electrons. The molecule has 2 fully saturated rings. The van der Waals surface area contributed by atoms with E-state index in [0.29, 0.717) is 25.6 Å². The number of aryl methyl sites for hydroxylation is 2. The molecule has 0 bridgehead atoms. The highest BCUT2D eigenvalue weighted by Crippen LogP contribution is 2.29. The number of nitrogens with zero attached hydrogens (tertiary/aromatic N) is 2. The maximum atomic E-state index is 12.5. The van der Waals surface area contributed by atoms with Crippen LogP contribution >= 0.6 is 11.3 Å². The summed E-state index contributed by atoms with van der Waals surface area (Å²) in [6.45, 7) is 5.27. The number of likely N-dealkylation sites (tertiary alicyclic amines) is 1. The molecule has 2 amide bonds. The number of hydrogen-bond acceptors (Lipinski definition) is 4. The summed E-state index contributed by atoms with van der Waals surface area (Å²) in [5, 5.41) is 4.16. The van der Waals surface area contributed by atoms with Gasteiger partial charge in [0.15, 0.2) is 0 Å². The fourth-order valence-corrected chi connectivity index (χ4v) is 4.87. The van der Waals surface area contributed by atoms with E-state index in [9.17, 15) is 9.59 Å². The molecule has 2 aliphatic rings. The summed E-state index contributed by atoms with van der Waals surface area (Å²) in [7, 11) is 0. The van der Waals surface area contributed by atoms with Gasteiger partial charge in [-0.2, -0.15) is 0 Å². The molecule has 2 heterocycles. The summed E-state index contributed by atoms with van der Waals surface area (Å²) >= 11 is 1.69.